The highest BCUT2D eigenvalue weighted by Gasteiger charge is 2.31. The van der Waals surface area contributed by atoms with Crippen molar-refractivity contribution in [2.75, 3.05) is 33.2 Å². The molecule has 1 heterocycles. The number of nitrogens with zero attached hydrogens (tertiary/aromatic N) is 1. The first-order valence-electron chi connectivity index (χ1n) is 5.63. The van der Waals surface area contributed by atoms with E-state index in [1.54, 1.807) is 0 Å². The second kappa shape index (κ2) is 5.10. The molecule has 3 heteroatoms. The summed E-state index contributed by atoms with van der Waals surface area (Å²) in [6.45, 7) is 8.06. The molecule has 1 aliphatic heterocycles. The topological polar surface area (TPSA) is 35.5 Å². The van der Waals surface area contributed by atoms with Gasteiger partial charge in [0.2, 0.25) is 0 Å². The lowest BCUT2D eigenvalue weighted by Gasteiger charge is -2.28. The molecule has 0 spiro atoms. The van der Waals surface area contributed by atoms with E-state index in [2.05, 4.69) is 31.1 Å². The fraction of sp³-hybridized carbons (Fsp3) is 1.00. The van der Waals surface area contributed by atoms with E-state index >= 15 is 0 Å². The van der Waals surface area contributed by atoms with Crippen LogP contribution >= 0.6 is 0 Å². The average molecular weight is 200 g/mol. The Morgan fingerprint density at radius 2 is 2.21 bits per heavy atom. The number of β-amino-alcohol motifs (C(OH)–C–C–N with tert-alkyl or cyclic N) is 1. The van der Waals surface area contributed by atoms with Gasteiger partial charge in [-0.3, -0.25) is 0 Å². The van der Waals surface area contributed by atoms with Gasteiger partial charge in [-0.2, -0.15) is 0 Å². The smallest absolute Gasteiger partial charge is 0.0909 e. The Kier molecular flexibility index (Phi) is 4.35. The maximum Gasteiger partial charge on any atom is 0.0909 e. The highest BCUT2D eigenvalue weighted by Crippen LogP contribution is 2.15. The number of hydrogen-bond acceptors (Lipinski definition) is 3. The maximum absolute atomic E-state index is 10.1. The predicted molar refractivity (Wildman–Crippen MR) is 59.4 cm³/mol. The van der Waals surface area contributed by atoms with Crippen LogP contribution in [0.1, 0.15) is 26.7 Å². The van der Waals surface area contributed by atoms with Crippen LogP contribution in [0, 0.1) is 5.92 Å². The van der Waals surface area contributed by atoms with Crippen molar-refractivity contribution in [2.45, 2.75) is 32.3 Å². The molecule has 1 atom stereocenters. The molecule has 0 amide bonds. The molecule has 0 aliphatic carbocycles. The van der Waals surface area contributed by atoms with Gasteiger partial charge in [0.25, 0.3) is 0 Å². The molecule has 0 bridgehead atoms. The third-order valence-corrected chi connectivity index (χ3v) is 2.87. The molecule has 2 N–H and O–H groups in total. The van der Waals surface area contributed by atoms with Crippen LogP contribution in [0.15, 0.2) is 0 Å². The molecular weight excluding hydrogens is 176 g/mol. The fourth-order valence-corrected chi connectivity index (χ4v) is 1.93. The van der Waals surface area contributed by atoms with Gasteiger partial charge < -0.3 is 15.3 Å². The molecule has 1 aliphatic rings. The minimum atomic E-state index is -0.480. The zero-order valence-electron chi connectivity index (χ0n) is 9.71. The lowest BCUT2D eigenvalue weighted by atomic mass is 10.0. The molecule has 1 rings (SSSR count). The Bertz CT molecular complexity index is 165. The summed E-state index contributed by atoms with van der Waals surface area (Å²) < 4.78 is 0. The van der Waals surface area contributed by atoms with Gasteiger partial charge in [-0.05, 0) is 38.9 Å². The molecule has 1 saturated heterocycles. The summed E-state index contributed by atoms with van der Waals surface area (Å²) in [6.07, 6.45) is 2.10. The van der Waals surface area contributed by atoms with E-state index in [4.69, 9.17) is 0 Å². The Hall–Kier alpha value is -0.120. The quantitative estimate of drug-likeness (QED) is 0.685. The third kappa shape index (κ3) is 3.95. The third-order valence-electron chi connectivity index (χ3n) is 2.87. The number of nitrogens with one attached hydrogen (secondary N) is 1. The summed E-state index contributed by atoms with van der Waals surface area (Å²) in [5.74, 6) is 0.744. The summed E-state index contributed by atoms with van der Waals surface area (Å²) >= 11 is 0. The standard InChI is InChI=1S/C11H24N2O/c1-10(2)4-7-13(3)9-11(14)5-6-12-8-11/h10,12,14H,4-9H2,1-3H3. The number of aliphatic hydroxyl groups is 1. The summed E-state index contributed by atoms with van der Waals surface area (Å²) in [7, 11) is 2.10. The average Bonchev–Trinajstić information content (AvgIpc) is 2.48. The Balaban J connectivity index is 2.21. The second-order valence-electron chi connectivity index (χ2n) is 5.07. The molecule has 0 aromatic heterocycles. The van der Waals surface area contributed by atoms with Gasteiger partial charge >= 0.3 is 0 Å². The highest BCUT2D eigenvalue weighted by molar-refractivity contribution is 4.89. The number of hydrogen-bond donors (Lipinski definition) is 2. The molecule has 84 valence electrons. The van der Waals surface area contributed by atoms with Crippen LogP contribution in [0.3, 0.4) is 0 Å². The Morgan fingerprint density at radius 3 is 2.71 bits per heavy atom. The summed E-state index contributed by atoms with van der Waals surface area (Å²) in [5.41, 5.74) is -0.480. The molecule has 0 saturated carbocycles. The molecule has 0 radical (unpaired) electrons. The minimum absolute atomic E-state index is 0.480. The second-order valence-corrected chi connectivity index (χ2v) is 5.07. The van der Waals surface area contributed by atoms with Crippen molar-refractivity contribution in [3.8, 4) is 0 Å². The normalized spacial score (nSPS) is 27.9. The van der Waals surface area contributed by atoms with Crippen molar-refractivity contribution in [1.82, 2.24) is 10.2 Å². The van der Waals surface area contributed by atoms with E-state index in [0.29, 0.717) is 0 Å². The number of rotatable bonds is 5. The van der Waals surface area contributed by atoms with Crippen molar-refractivity contribution < 1.29 is 5.11 Å². The summed E-state index contributed by atoms with van der Waals surface area (Å²) in [5, 5.41) is 13.3. The summed E-state index contributed by atoms with van der Waals surface area (Å²) in [6, 6.07) is 0. The Labute approximate surface area is 87.5 Å². The van der Waals surface area contributed by atoms with Gasteiger partial charge in [0.15, 0.2) is 0 Å². The van der Waals surface area contributed by atoms with Crippen LogP contribution in [0.25, 0.3) is 0 Å². The molecular formula is C11H24N2O. The van der Waals surface area contributed by atoms with E-state index in [1.165, 1.54) is 6.42 Å². The zero-order valence-corrected chi connectivity index (χ0v) is 9.71. The van der Waals surface area contributed by atoms with Crippen molar-refractivity contribution in [1.29, 1.82) is 0 Å². The predicted octanol–water partition coefficient (Wildman–Crippen LogP) is 0.689. The summed E-state index contributed by atoms with van der Waals surface area (Å²) in [4.78, 5) is 2.24. The highest BCUT2D eigenvalue weighted by atomic mass is 16.3. The van der Waals surface area contributed by atoms with Crippen molar-refractivity contribution >= 4 is 0 Å². The Morgan fingerprint density at radius 1 is 1.50 bits per heavy atom. The zero-order chi connectivity index (χ0) is 10.6. The maximum atomic E-state index is 10.1. The largest absolute Gasteiger partial charge is 0.387 e. The monoisotopic (exact) mass is 200 g/mol. The van der Waals surface area contributed by atoms with E-state index < -0.39 is 5.60 Å². The van der Waals surface area contributed by atoms with Gasteiger partial charge in [0, 0.05) is 13.1 Å². The fourth-order valence-electron chi connectivity index (χ4n) is 1.93. The van der Waals surface area contributed by atoms with Gasteiger partial charge in [-0.15, -0.1) is 0 Å². The lowest BCUT2D eigenvalue weighted by molar-refractivity contribution is 0.0274. The SMILES string of the molecule is CC(C)CCN(C)CC1(O)CCNC1. The van der Waals surface area contributed by atoms with Gasteiger partial charge in [0.05, 0.1) is 5.60 Å². The van der Waals surface area contributed by atoms with E-state index in [-0.39, 0.29) is 0 Å². The molecule has 14 heavy (non-hydrogen) atoms. The van der Waals surface area contributed by atoms with E-state index in [9.17, 15) is 5.11 Å². The van der Waals surface area contributed by atoms with Gasteiger partial charge in [0.1, 0.15) is 0 Å². The van der Waals surface area contributed by atoms with Crippen molar-refractivity contribution in [3.63, 3.8) is 0 Å². The first-order valence-corrected chi connectivity index (χ1v) is 5.63. The van der Waals surface area contributed by atoms with Crippen LogP contribution in [-0.2, 0) is 0 Å². The van der Waals surface area contributed by atoms with E-state index in [1.807, 2.05) is 0 Å². The minimum Gasteiger partial charge on any atom is -0.387 e. The molecule has 0 aromatic rings. The van der Waals surface area contributed by atoms with Crippen LogP contribution in [0.2, 0.25) is 0 Å². The van der Waals surface area contributed by atoms with Crippen molar-refractivity contribution in [3.05, 3.63) is 0 Å². The van der Waals surface area contributed by atoms with Gasteiger partial charge in [-0.1, -0.05) is 13.8 Å². The number of likely N-dealkylation sites (N-methyl/N-ethyl adjacent to an activating group) is 1. The van der Waals surface area contributed by atoms with E-state index in [0.717, 1.165) is 38.5 Å². The van der Waals surface area contributed by atoms with Crippen molar-refractivity contribution in [2.24, 2.45) is 5.92 Å². The van der Waals surface area contributed by atoms with Crippen LogP contribution in [-0.4, -0.2) is 48.8 Å². The van der Waals surface area contributed by atoms with Gasteiger partial charge in [-0.25, -0.2) is 0 Å². The van der Waals surface area contributed by atoms with Crippen LogP contribution in [0.4, 0.5) is 0 Å². The molecule has 1 unspecified atom stereocenters. The first kappa shape index (κ1) is 12.0. The molecule has 3 nitrogen and oxygen atoms in total. The van der Waals surface area contributed by atoms with Crippen LogP contribution < -0.4 is 5.32 Å². The molecule has 0 aromatic carbocycles. The molecule has 1 fully saturated rings. The lowest BCUT2D eigenvalue weighted by Crippen LogP contribution is -2.43. The van der Waals surface area contributed by atoms with Crippen LogP contribution in [0.5, 0.6) is 0 Å². The first-order chi connectivity index (χ1) is 6.52.